The van der Waals surface area contributed by atoms with Crippen LogP contribution in [-0.2, 0) is 0 Å². The van der Waals surface area contributed by atoms with Crippen molar-refractivity contribution in [1.29, 1.82) is 0 Å². The lowest BCUT2D eigenvalue weighted by molar-refractivity contribution is 0.0977. The summed E-state index contributed by atoms with van der Waals surface area (Å²) in [5.41, 5.74) is 3.08. The maximum absolute atomic E-state index is 12.2. The van der Waals surface area contributed by atoms with Crippen LogP contribution in [0.25, 0.3) is 22.6 Å². The van der Waals surface area contributed by atoms with Crippen LogP contribution in [0.15, 0.2) is 71.1 Å². The molecule has 0 saturated heterocycles. The van der Waals surface area contributed by atoms with Crippen LogP contribution in [0.1, 0.15) is 10.4 Å². The minimum atomic E-state index is -0.331. The van der Waals surface area contributed by atoms with Crippen molar-refractivity contribution in [2.45, 2.75) is 0 Å². The molecule has 0 aliphatic carbocycles. The maximum atomic E-state index is 12.2. The number of hydrogen-bond acceptors (Lipinski definition) is 4. The molecular weight excluding hydrogens is 429 g/mol. The zero-order valence-electron chi connectivity index (χ0n) is 14.8. The van der Waals surface area contributed by atoms with E-state index in [9.17, 15) is 4.79 Å². The summed E-state index contributed by atoms with van der Waals surface area (Å²) in [6.07, 6.45) is 0. The number of rotatable bonds is 3. The zero-order chi connectivity index (χ0) is 20.4. The molecule has 1 heterocycles. The quantitative estimate of drug-likeness (QED) is 0.385. The monoisotopic (exact) mass is 441 g/mol. The molecule has 4 aromatic rings. The number of fused-ring (bicyclic) bond motifs is 1. The molecule has 0 spiro atoms. The van der Waals surface area contributed by atoms with E-state index < -0.39 is 0 Å². The minimum Gasteiger partial charge on any atom is -0.436 e. The highest BCUT2D eigenvalue weighted by molar-refractivity contribution is 7.80. The van der Waals surface area contributed by atoms with Gasteiger partial charge in [0.2, 0.25) is 5.89 Å². The number of oxazole rings is 1. The first-order valence-electron chi connectivity index (χ1n) is 8.53. The summed E-state index contributed by atoms with van der Waals surface area (Å²) in [5.74, 6) is 0.101. The van der Waals surface area contributed by atoms with Crippen molar-refractivity contribution in [2.75, 3.05) is 5.32 Å². The van der Waals surface area contributed by atoms with Crippen LogP contribution in [0.4, 0.5) is 5.69 Å². The summed E-state index contributed by atoms with van der Waals surface area (Å²) < 4.78 is 5.79. The maximum Gasteiger partial charge on any atom is 0.257 e. The van der Waals surface area contributed by atoms with Gasteiger partial charge in [-0.15, -0.1) is 0 Å². The number of carbonyl (C=O) groups is 1. The van der Waals surface area contributed by atoms with E-state index in [1.807, 2.05) is 18.2 Å². The largest absolute Gasteiger partial charge is 0.436 e. The van der Waals surface area contributed by atoms with Crippen molar-refractivity contribution in [3.05, 3.63) is 82.3 Å². The van der Waals surface area contributed by atoms with E-state index in [0.717, 1.165) is 0 Å². The highest BCUT2D eigenvalue weighted by Gasteiger charge is 2.12. The van der Waals surface area contributed by atoms with Gasteiger partial charge in [-0.1, -0.05) is 35.3 Å². The smallest absolute Gasteiger partial charge is 0.257 e. The third-order valence-corrected chi connectivity index (χ3v) is 4.87. The standard InChI is InChI=1S/C21H13Cl2N3O2S/c22-13-7-5-12(6-8-13)19(27)26-21(29)24-14-9-10-18-17(11-14)25-20(28-18)15-3-1-2-4-16(15)23/h1-11H,(H2,24,26,27,29). The van der Waals surface area contributed by atoms with Crippen molar-refractivity contribution < 1.29 is 9.21 Å². The highest BCUT2D eigenvalue weighted by atomic mass is 35.5. The van der Waals surface area contributed by atoms with Gasteiger partial charge in [-0.25, -0.2) is 4.98 Å². The normalized spacial score (nSPS) is 10.7. The number of nitrogens with zero attached hydrogens (tertiary/aromatic N) is 1. The number of hydrogen-bond donors (Lipinski definition) is 2. The lowest BCUT2D eigenvalue weighted by Gasteiger charge is -2.09. The molecule has 0 aliphatic heterocycles. The molecule has 3 aromatic carbocycles. The first-order chi connectivity index (χ1) is 14.0. The van der Waals surface area contributed by atoms with Crippen molar-refractivity contribution >= 4 is 63.2 Å². The summed E-state index contributed by atoms with van der Waals surface area (Å²) in [4.78, 5) is 16.7. The van der Waals surface area contributed by atoms with Crippen molar-refractivity contribution in [2.24, 2.45) is 0 Å². The Hall–Kier alpha value is -2.93. The molecule has 8 heteroatoms. The number of nitrogens with one attached hydrogen (secondary N) is 2. The van der Waals surface area contributed by atoms with Crippen molar-refractivity contribution in [3.63, 3.8) is 0 Å². The summed E-state index contributed by atoms with van der Waals surface area (Å²) in [5, 5.41) is 6.88. The Balaban J connectivity index is 1.49. The third kappa shape index (κ3) is 4.40. The summed E-state index contributed by atoms with van der Waals surface area (Å²) in [6, 6.07) is 19.2. The van der Waals surface area contributed by atoms with Crippen LogP contribution in [0, 0.1) is 0 Å². The Bertz CT molecular complexity index is 1220. The zero-order valence-corrected chi connectivity index (χ0v) is 17.1. The molecule has 4 rings (SSSR count). The van der Waals surface area contributed by atoms with Gasteiger partial charge in [0.25, 0.3) is 5.91 Å². The molecule has 0 bridgehead atoms. The fourth-order valence-corrected chi connectivity index (χ4v) is 3.25. The number of amides is 1. The van der Waals surface area contributed by atoms with Crippen LogP contribution >= 0.6 is 35.4 Å². The van der Waals surface area contributed by atoms with Gasteiger partial charge < -0.3 is 9.73 Å². The molecule has 0 fully saturated rings. The molecule has 1 aromatic heterocycles. The van der Waals surface area contributed by atoms with Gasteiger partial charge in [-0.05, 0) is 66.8 Å². The van der Waals surface area contributed by atoms with E-state index in [1.54, 1.807) is 48.5 Å². The summed E-state index contributed by atoms with van der Waals surface area (Å²) in [7, 11) is 0. The van der Waals surface area contributed by atoms with E-state index in [-0.39, 0.29) is 11.0 Å². The summed E-state index contributed by atoms with van der Waals surface area (Å²) in [6.45, 7) is 0. The average molecular weight is 442 g/mol. The van der Waals surface area contributed by atoms with Crippen molar-refractivity contribution in [3.8, 4) is 11.5 Å². The molecule has 0 unspecified atom stereocenters. The molecule has 1 amide bonds. The lowest BCUT2D eigenvalue weighted by atomic mass is 10.2. The molecule has 29 heavy (non-hydrogen) atoms. The molecule has 2 N–H and O–H groups in total. The van der Waals surface area contributed by atoms with Crippen LogP contribution in [0.3, 0.4) is 0 Å². The number of carbonyl (C=O) groups excluding carboxylic acids is 1. The van der Waals surface area contributed by atoms with E-state index >= 15 is 0 Å². The van der Waals surface area contributed by atoms with E-state index in [0.29, 0.717) is 43.9 Å². The Morgan fingerprint density at radius 2 is 1.76 bits per heavy atom. The molecule has 0 saturated carbocycles. The van der Waals surface area contributed by atoms with E-state index in [4.69, 9.17) is 39.8 Å². The Labute approximate surface area is 181 Å². The predicted molar refractivity (Wildman–Crippen MR) is 120 cm³/mol. The average Bonchev–Trinajstić information content (AvgIpc) is 3.11. The van der Waals surface area contributed by atoms with Gasteiger partial charge in [0.15, 0.2) is 10.7 Å². The van der Waals surface area contributed by atoms with Gasteiger partial charge in [0.05, 0.1) is 10.6 Å². The minimum absolute atomic E-state index is 0.166. The molecule has 0 radical (unpaired) electrons. The van der Waals surface area contributed by atoms with E-state index in [2.05, 4.69) is 15.6 Å². The van der Waals surface area contributed by atoms with Gasteiger partial charge in [-0.3, -0.25) is 10.1 Å². The fourth-order valence-electron chi connectivity index (χ4n) is 2.69. The van der Waals surface area contributed by atoms with Gasteiger partial charge in [-0.2, -0.15) is 0 Å². The molecule has 144 valence electrons. The van der Waals surface area contributed by atoms with Crippen LogP contribution in [-0.4, -0.2) is 16.0 Å². The second-order valence-electron chi connectivity index (χ2n) is 6.10. The molecule has 5 nitrogen and oxygen atoms in total. The molecular formula is C21H13Cl2N3O2S. The van der Waals surface area contributed by atoms with E-state index in [1.165, 1.54) is 0 Å². The number of benzene rings is 3. The van der Waals surface area contributed by atoms with Gasteiger partial charge in [0.1, 0.15) is 5.52 Å². The second kappa shape index (κ2) is 8.21. The second-order valence-corrected chi connectivity index (χ2v) is 7.35. The Morgan fingerprint density at radius 1 is 1.00 bits per heavy atom. The Kier molecular flexibility index (Phi) is 5.49. The molecule has 0 atom stereocenters. The number of halogens is 2. The fraction of sp³-hybridized carbons (Fsp3) is 0. The third-order valence-electron chi connectivity index (χ3n) is 4.08. The number of anilines is 1. The first kappa shape index (κ1) is 19.4. The van der Waals surface area contributed by atoms with Crippen LogP contribution in [0.2, 0.25) is 10.0 Å². The topological polar surface area (TPSA) is 67.2 Å². The number of thiocarbonyl (C=S) groups is 1. The Morgan fingerprint density at radius 3 is 2.52 bits per heavy atom. The van der Waals surface area contributed by atoms with Crippen LogP contribution < -0.4 is 10.6 Å². The van der Waals surface area contributed by atoms with Crippen molar-refractivity contribution in [1.82, 2.24) is 10.3 Å². The summed E-state index contributed by atoms with van der Waals surface area (Å²) >= 11 is 17.3. The number of aromatic nitrogens is 1. The first-order valence-corrected chi connectivity index (χ1v) is 9.69. The van der Waals surface area contributed by atoms with Crippen LogP contribution in [0.5, 0.6) is 0 Å². The SMILES string of the molecule is O=C(NC(=S)Nc1ccc2oc(-c3ccccc3Cl)nc2c1)c1ccc(Cl)cc1. The lowest BCUT2D eigenvalue weighted by Crippen LogP contribution is -2.34. The molecule has 0 aliphatic rings. The highest BCUT2D eigenvalue weighted by Crippen LogP contribution is 2.30. The predicted octanol–water partition coefficient (Wildman–Crippen LogP) is 5.93. The van der Waals surface area contributed by atoms with Gasteiger partial charge in [0, 0.05) is 16.3 Å². The van der Waals surface area contributed by atoms with Gasteiger partial charge >= 0.3 is 0 Å².